The Balaban J connectivity index is 0. The van der Waals surface area contributed by atoms with Gasteiger partial charge in [-0.05, 0) is 5.44 Å². The van der Waals surface area contributed by atoms with E-state index in [4.69, 9.17) is 20.1 Å². The van der Waals surface area contributed by atoms with Crippen molar-refractivity contribution in [2.45, 2.75) is 43.7 Å². The van der Waals surface area contributed by atoms with Gasteiger partial charge in [-0.2, -0.15) is 0 Å². The topological polar surface area (TPSA) is 124 Å². The molecule has 10 heteroatoms. The molecule has 5 unspecified atom stereocenters. The second-order valence-corrected chi connectivity index (χ2v) is 5.30. The molecule has 5 atom stereocenters. The molecule has 0 aromatic carbocycles. The van der Waals surface area contributed by atoms with E-state index < -0.39 is 36.5 Å². The van der Waals surface area contributed by atoms with Gasteiger partial charge in [0.15, 0.2) is 0 Å². The van der Waals surface area contributed by atoms with Gasteiger partial charge in [0.1, 0.15) is 18.3 Å². The molecule has 0 amide bonds. The molecule has 1 fully saturated rings. The van der Waals surface area contributed by atoms with Gasteiger partial charge >= 0.3 is 83.9 Å². The maximum absolute atomic E-state index is 10.5. The molecular weight excluding hydrogens is 564 g/mol. The number of aliphatic hydroxyl groups excluding tert-OH is 4. The van der Waals surface area contributed by atoms with Gasteiger partial charge in [-0.1, -0.05) is 0 Å². The summed E-state index contributed by atoms with van der Waals surface area (Å²) in [5.74, 6) is -0.387. The summed E-state index contributed by atoms with van der Waals surface area (Å²) in [6, 6.07) is 0. The molecule has 1 radical (unpaired) electrons. The molecule has 1 aliphatic rings. The van der Waals surface area contributed by atoms with Crippen molar-refractivity contribution >= 4 is 40.2 Å². The third-order valence-corrected chi connectivity index (χ3v) is 3.61. The van der Waals surface area contributed by atoms with Crippen molar-refractivity contribution in [3.05, 3.63) is 10.5 Å². The SMILES string of the molecule is CC(=O)C(=C[Se])C(C)=O.OCC1OC([S-])C(O)C(O)C1O.[Au+]. The Morgan fingerprint density at radius 3 is 1.86 bits per heavy atom. The first-order valence-electron chi connectivity index (χ1n) is 5.97. The van der Waals surface area contributed by atoms with Crippen LogP contribution in [0.5, 0.6) is 0 Å². The zero-order valence-corrected chi connectivity index (χ0v) is 16.5. The van der Waals surface area contributed by atoms with Crippen molar-refractivity contribution in [2.75, 3.05) is 6.61 Å². The molecular formula is C12H18AuO7SSe. The number of aliphatic hydroxyl groups is 4. The zero-order chi connectivity index (χ0) is 16.7. The first-order valence-corrected chi connectivity index (χ1v) is 7.43. The Morgan fingerprint density at radius 1 is 1.14 bits per heavy atom. The number of rotatable bonds is 3. The summed E-state index contributed by atoms with van der Waals surface area (Å²) in [6.07, 6.45) is -4.83. The number of hydrogen-bond donors (Lipinski definition) is 4. The van der Waals surface area contributed by atoms with Crippen LogP contribution in [0.1, 0.15) is 13.8 Å². The van der Waals surface area contributed by atoms with Gasteiger partial charge in [0, 0.05) is 0 Å². The smallest absolute Gasteiger partial charge is 0.759 e. The van der Waals surface area contributed by atoms with Gasteiger partial charge in [0.05, 0.1) is 12.7 Å². The van der Waals surface area contributed by atoms with Gasteiger partial charge in [-0.25, -0.2) is 0 Å². The predicted molar refractivity (Wildman–Crippen MR) is 76.3 cm³/mol. The fourth-order valence-corrected chi connectivity index (χ4v) is 2.48. The largest absolute Gasteiger partial charge is 1.00 e. The quantitative estimate of drug-likeness (QED) is 0.0952. The van der Waals surface area contributed by atoms with Crippen LogP contribution in [0.15, 0.2) is 10.5 Å². The molecule has 1 rings (SSSR count). The van der Waals surface area contributed by atoms with Crippen LogP contribution in [0.4, 0.5) is 0 Å². The molecule has 0 bridgehead atoms. The first kappa shape index (κ1) is 24.7. The monoisotopic (exact) mass is 583 g/mol. The first-order chi connectivity index (χ1) is 9.67. The van der Waals surface area contributed by atoms with Crippen molar-refractivity contribution in [3.63, 3.8) is 0 Å². The van der Waals surface area contributed by atoms with Gasteiger partial charge in [-0.3, -0.25) is 0 Å². The minimum Gasteiger partial charge on any atom is -0.759 e. The minimum atomic E-state index is -1.35. The summed E-state index contributed by atoms with van der Waals surface area (Å²) < 4.78 is 4.84. The van der Waals surface area contributed by atoms with Crippen LogP contribution < -0.4 is 0 Å². The predicted octanol–water partition coefficient (Wildman–Crippen LogP) is -2.45. The Bertz CT molecular complexity index is 386. The number of hydrogen-bond acceptors (Lipinski definition) is 8. The average Bonchev–Trinajstić information content (AvgIpc) is 2.41. The number of ketones is 2. The van der Waals surface area contributed by atoms with E-state index in [2.05, 4.69) is 28.6 Å². The molecule has 0 aromatic rings. The van der Waals surface area contributed by atoms with E-state index >= 15 is 0 Å². The Morgan fingerprint density at radius 2 is 1.59 bits per heavy atom. The van der Waals surface area contributed by atoms with Crippen LogP contribution in [-0.4, -0.2) is 84.5 Å². The fraction of sp³-hybridized carbons (Fsp3) is 0.667. The van der Waals surface area contributed by atoms with Gasteiger partial charge in [0.25, 0.3) is 0 Å². The number of allylic oxidation sites excluding steroid dienone is 1. The van der Waals surface area contributed by atoms with E-state index in [0.717, 1.165) is 0 Å². The summed E-state index contributed by atoms with van der Waals surface area (Å²) in [4.78, 5) is 22.4. The Labute approximate surface area is 157 Å². The van der Waals surface area contributed by atoms with E-state index in [0.29, 0.717) is 0 Å². The van der Waals surface area contributed by atoms with Crippen molar-refractivity contribution in [1.82, 2.24) is 0 Å². The van der Waals surface area contributed by atoms with E-state index in [-0.39, 0.29) is 39.5 Å². The van der Waals surface area contributed by atoms with Crippen molar-refractivity contribution < 1.29 is 57.1 Å². The molecule has 7 nitrogen and oxygen atoms in total. The van der Waals surface area contributed by atoms with E-state index in [9.17, 15) is 14.7 Å². The molecule has 0 spiro atoms. The second-order valence-electron chi connectivity index (χ2n) is 4.34. The summed E-state index contributed by atoms with van der Waals surface area (Å²) in [5.41, 5.74) is -0.754. The van der Waals surface area contributed by atoms with E-state index in [1.54, 1.807) is 0 Å². The summed E-state index contributed by atoms with van der Waals surface area (Å²) >= 11 is 7.13. The molecule has 1 saturated heterocycles. The second kappa shape index (κ2) is 11.9. The van der Waals surface area contributed by atoms with E-state index in [1.165, 1.54) is 18.8 Å². The third-order valence-electron chi connectivity index (χ3n) is 2.72. The summed E-state index contributed by atoms with van der Waals surface area (Å²) in [7, 11) is 0. The van der Waals surface area contributed by atoms with Gasteiger partial charge < -0.3 is 37.8 Å². The van der Waals surface area contributed by atoms with Crippen LogP contribution >= 0.6 is 0 Å². The molecule has 4 N–H and O–H groups in total. The van der Waals surface area contributed by atoms with Crippen LogP contribution in [0, 0.1) is 0 Å². The number of carbonyl (C=O) groups is 2. The van der Waals surface area contributed by atoms with Crippen LogP contribution in [0.3, 0.4) is 0 Å². The molecule has 0 saturated carbocycles. The third kappa shape index (κ3) is 7.37. The molecule has 0 aromatic heterocycles. The maximum atomic E-state index is 10.5. The number of carbonyl (C=O) groups excluding carboxylic acids is 2. The average molecular weight is 582 g/mol. The molecule has 0 aliphatic carbocycles. The summed E-state index contributed by atoms with van der Waals surface area (Å²) in [5, 5.41) is 36.1. The van der Waals surface area contributed by atoms with E-state index in [1.807, 2.05) is 0 Å². The van der Waals surface area contributed by atoms with Crippen molar-refractivity contribution in [3.8, 4) is 0 Å². The van der Waals surface area contributed by atoms with Crippen molar-refractivity contribution in [1.29, 1.82) is 0 Å². The Hall–Kier alpha value is 0.490. The number of Topliss-reactive ketones (excluding diaryl/α,β-unsaturated/α-hetero) is 2. The maximum Gasteiger partial charge on any atom is 1.00 e. The number of ether oxygens (including phenoxy) is 1. The summed E-state index contributed by atoms with van der Waals surface area (Å²) in [6.45, 7) is 2.30. The van der Waals surface area contributed by atoms with Crippen LogP contribution in [0.25, 0.3) is 0 Å². The molecule has 131 valence electrons. The molecule has 22 heavy (non-hydrogen) atoms. The zero-order valence-electron chi connectivity index (χ0n) is 11.8. The van der Waals surface area contributed by atoms with Crippen molar-refractivity contribution in [2.24, 2.45) is 0 Å². The minimum absolute atomic E-state index is 0. The van der Waals surface area contributed by atoms with Crippen LogP contribution in [-0.2, 0) is 49.3 Å². The van der Waals surface area contributed by atoms with Crippen LogP contribution in [0.2, 0.25) is 0 Å². The Kier molecular flexibility index (Phi) is 13.4. The normalized spacial score (nSPS) is 30.2. The van der Waals surface area contributed by atoms with Gasteiger partial charge in [-0.15, -0.1) is 0 Å². The molecule has 1 heterocycles. The van der Waals surface area contributed by atoms with Gasteiger partial charge in [0.2, 0.25) is 0 Å². The molecule has 1 aliphatic heterocycles. The fourth-order valence-electron chi connectivity index (χ4n) is 1.48. The standard InChI is InChI=1S/C6H12O5S.C6H7O2Se.Au/c7-1-2-3(8)4(9)5(10)6(12)11-2;1-4(7)6(3-9)5(2)8;/h2-10,12H,1H2;3H,1-2H3;/q;;+1/p-1.